The molecule has 0 unspecified atom stereocenters. The zero-order valence-corrected chi connectivity index (χ0v) is 34.2. The topological polar surface area (TPSA) is 100 Å². The number of fused-ring (bicyclic) bond motifs is 1. The van der Waals surface area contributed by atoms with Crippen molar-refractivity contribution >= 4 is 23.0 Å². The van der Waals surface area contributed by atoms with E-state index in [2.05, 4.69) is 20.3 Å². The molecule has 10 heteroatoms. The Morgan fingerprint density at radius 1 is 0.661 bits per heavy atom. The van der Waals surface area contributed by atoms with E-state index in [0.717, 1.165) is 33.4 Å². The molecule has 3 heterocycles. The Labute approximate surface area is 360 Å². The van der Waals surface area contributed by atoms with E-state index >= 15 is 4.39 Å². The molecule has 2 aromatic heterocycles. The zero-order valence-electron chi connectivity index (χ0n) is 34.2. The van der Waals surface area contributed by atoms with Crippen molar-refractivity contribution in [3.8, 4) is 0 Å². The van der Waals surface area contributed by atoms with Crippen molar-refractivity contribution in [1.29, 1.82) is 0 Å². The number of anilines is 1. The van der Waals surface area contributed by atoms with E-state index in [9.17, 15) is 4.79 Å². The molecule has 1 N–H and O–H groups in total. The number of nitrogens with zero attached hydrogens (tertiary/aromatic N) is 4. The molecule has 1 aliphatic rings. The summed E-state index contributed by atoms with van der Waals surface area (Å²) in [6.45, 7) is 1.83. The Morgan fingerprint density at radius 2 is 1.10 bits per heavy atom. The summed E-state index contributed by atoms with van der Waals surface area (Å²) in [6, 6.07) is 59.8. The third-order valence-electron chi connectivity index (χ3n) is 11.4. The number of nitrogens with one attached hydrogen (secondary N) is 1. The predicted octanol–water partition coefficient (Wildman–Crippen LogP) is 10.2. The number of hydrogen-bond donors (Lipinski definition) is 1. The van der Waals surface area contributed by atoms with Crippen molar-refractivity contribution in [2.24, 2.45) is 0 Å². The van der Waals surface area contributed by atoms with Gasteiger partial charge in [-0.25, -0.2) is 14.4 Å². The van der Waals surface area contributed by atoms with Gasteiger partial charge in [0.15, 0.2) is 18.0 Å². The summed E-state index contributed by atoms with van der Waals surface area (Å²) in [4.78, 5) is 26.1. The highest BCUT2D eigenvalue weighted by Crippen LogP contribution is 2.47. The van der Waals surface area contributed by atoms with Crippen LogP contribution in [0.4, 0.5) is 10.3 Å². The van der Waals surface area contributed by atoms with Gasteiger partial charge in [-0.15, -0.1) is 0 Å². The van der Waals surface area contributed by atoms with Gasteiger partial charge in [-0.3, -0.25) is 14.7 Å². The molecule has 62 heavy (non-hydrogen) atoms. The number of halogens is 1. The van der Waals surface area contributed by atoms with Gasteiger partial charge in [0.1, 0.15) is 28.9 Å². The highest BCUT2D eigenvalue weighted by molar-refractivity contribution is 5.89. The summed E-state index contributed by atoms with van der Waals surface area (Å²) in [5.74, 6) is -0.129. The van der Waals surface area contributed by atoms with Crippen LogP contribution in [-0.4, -0.2) is 50.4 Å². The largest absolute Gasteiger partial charge is 0.358 e. The van der Waals surface area contributed by atoms with Crippen molar-refractivity contribution in [3.63, 3.8) is 0 Å². The summed E-state index contributed by atoms with van der Waals surface area (Å²) in [5, 5.41) is 2.76. The lowest BCUT2D eigenvalue weighted by Crippen LogP contribution is -2.45. The van der Waals surface area contributed by atoms with E-state index in [1.807, 2.05) is 189 Å². The molecule has 1 saturated heterocycles. The number of rotatable bonds is 15. The van der Waals surface area contributed by atoms with Crippen LogP contribution in [0, 0.1) is 0 Å². The van der Waals surface area contributed by atoms with Crippen LogP contribution in [0.15, 0.2) is 195 Å². The lowest BCUT2D eigenvalue weighted by molar-refractivity contribution is -0.128. The first-order chi connectivity index (χ1) is 30.5. The molecule has 9 rings (SSSR count). The quantitative estimate of drug-likeness (QED) is 0.103. The Morgan fingerprint density at radius 3 is 1.53 bits per heavy atom. The van der Waals surface area contributed by atoms with Crippen molar-refractivity contribution in [3.05, 3.63) is 228 Å². The monoisotopic (exact) mass is 823 g/mol. The van der Waals surface area contributed by atoms with E-state index < -0.39 is 35.8 Å². The minimum atomic E-state index is -1.77. The third kappa shape index (κ3) is 7.68. The Kier molecular flexibility index (Phi) is 11.8. The maximum atomic E-state index is 18.2. The van der Waals surface area contributed by atoms with Crippen LogP contribution in [0.2, 0.25) is 0 Å². The van der Waals surface area contributed by atoms with Crippen molar-refractivity contribution in [2.75, 3.05) is 11.9 Å². The number of carbonyl (C=O) groups is 1. The molecule has 0 aliphatic carbocycles. The molecule has 1 amide bonds. The minimum absolute atomic E-state index is 0.0886. The summed E-state index contributed by atoms with van der Waals surface area (Å²) in [7, 11) is 0. The average molecular weight is 824 g/mol. The molecule has 0 saturated carbocycles. The van der Waals surface area contributed by atoms with Crippen LogP contribution in [0.3, 0.4) is 0 Å². The van der Waals surface area contributed by atoms with Crippen LogP contribution in [-0.2, 0) is 30.2 Å². The Balaban J connectivity index is 1.20. The SMILES string of the molecule is CCCC(=O)Nc1ncc2ncn([C@@H]3O[C@H](COC(c4ccccc4)(c4ccccc4)c4ccccc4)[C@@H](OC(c4ccccc4)(c4ccccc4)c4ccccc4)[C@@H]3F)c2n1. The summed E-state index contributed by atoms with van der Waals surface area (Å²) in [5.41, 5.74) is 3.41. The van der Waals surface area contributed by atoms with Gasteiger partial charge in [-0.05, 0) is 39.8 Å². The fourth-order valence-electron chi connectivity index (χ4n) is 8.58. The number of alkyl halides is 1. The second-order valence-corrected chi connectivity index (χ2v) is 15.3. The minimum Gasteiger partial charge on any atom is -0.358 e. The smallest absolute Gasteiger partial charge is 0.231 e. The van der Waals surface area contributed by atoms with E-state index in [1.165, 1.54) is 12.5 Å². The molecule has 0 bridgehead atoms. The molecule has 0 spiro atoms. The number of ether oxygens (including phenoxy) is 3. The number of amides is 1. The van der Waals surface area contributed by atoms with Crippen LogP contribution in [0.25, 0.3) is 11.2 Å². The Hall–Kier alpha value is -6.85. The average Bonchev–Trinajstić information content (AvgIpc) is 3.89. The first-order valence-electron chi connectivity index (χ1n) is 20.9. The lowest BCUT2D eigenvalue weighted by atomic mass is 9.79. The van der Waals surface area contributed by atoms with Crippen molar-refractivity contribution < 1.29 is 23.4 Å². The predicted molar refractivity (Wildman–Crippen MR) is 237 cm³/mol. The van der Waals surface area contributed by atoms with E-state index in [-0.39, 0.29) is 18.5 Å². The standard InChI is InChI=1S/C52H46FN5O4/c1-2-21-45(59)56-50-54-34-43-48(57-50)58(36-55-43)49-46(53)47(62-52(40-28-15-6-16-29-40,41-30-17-7-18-31-41)42-32-19-8-20-33-42)44(61-49)35-60-51(37-22-9-3-10-23-37,38-24-11-4-12-25-38)39-26-13-5-14-27-39/h3-20,22-34,36,44,46-47,49H,2,21,35H2,1H3,(H,54,56,57,59)/t44-,46+,47-,49-/m1/s1. The molecule has 1 aliphatic heterocycles. The van der Waals surface area contributed by atoms with E-state index in [1.54, 1.807) is 4.57 Å². The normalized spacial score (nSPS) is 17.8. The molecule has 9 nitrogen and oxygen atoms in total. The molecular weight excluding hydrogens is 778 g/mol. The molecule has 6 aromatic carbocycles. The molecular formula is C52H46FN5O4. The number of benzene rings is 6. The summed E-state index contributed by atoms with van der Waals surface area (Å²) in [6.07, 6.45) is -1.26. The second kappa shape index (κ2) is 18.0. The van der Waals surface area contributed by atoms with Gasteiger partial charge in [0, 0.05) is 6.42 Å². The fraction of sp³-hybridized carbons (Fsp3) is 0.192. The summed E-state index contributed by atoms with van der Waals surface area (Å²) < 4.78 is 41.5. The maximum absolute atomic E-state index is 18.2. The zero-order chi connectivity index (χ0) is 42.4. The van der Waals surface area contributed by atoms with E-state index in [4.69, 9.17) is 14.2 Å². The van der Waals surface area contributed by atoms with Crippen LogP contribution in [0.5, 0.6) is 0 Å². The van der Waals surface area contributed by atoms with Crippen LogP contribution < -0.4 is 5.32 Å². The first kappa shape index (κ1) is 40.6. The third-order valence-corrected chi connectivity index (χ3v) is 11.4. The first-order valence-corrected chi connectivity index (χ1v) is 20.9. The van der Waals surface area contributed by atoms with Gasteiger partial charge in [0.05, 0.1) is 19.1 Å². The molecule has 0 radical (unpaired) electrons. The highest BCUT2D eigenvalue weighted by Gasteiger charge is 2.53. The lowest BCUT2D eigenvalue weighted by Gasteiger charge is -2.40. The van der Waals surface area contributed by atoms with Crippen LogP contribution in [0.1, 0.15) is 59.4 Å². The maximum Gasteiger partial charge on any atom is 0.231 e. The number of carbonyl (C=O) groups excluding carboxylic acids is 1. The van der Waals surface area contributed by atoms with Gasteiger partial charge in [-0.1, -0.05) is 189 Å². The van der Waals surface area contributed by atoms with Gasteiger partial charge in [-0.2, -0.15) is 4.98 Å². The Bertz CT molecular complexity index is 2500. The fourth-order valence-corrected chi connectivity index (χ4v) is 8.58. The van der Waals surface area contributed by atoms with E-state index in [0.29, 0.717) is 24.0 Å². The number of aromatic nitrogens is 4. The van der Waals surface area contributed by atoms with Gasteiger partial charge in [0.2, 0.25) is 11.9 Å². The number of imidazole rings is 1. The molecule has 4 atom stereocenters. The highest BCUT2D eigenvalue weighted by atomic mass is 19.1. The summed E-state index contributed by atoms with van der Waals surface area (Å²) >= 11 is 0. The van der Waals surface area contributed by atoms with Gasteiger partial charge in [0.25, 0.3) is 0 Å². The van der Waals surface area contributed by atoms with Gasteiger partial charge < -0.3 is 14.2 Å². The van der Waals surface area contributed by atoms with Crippen molar-refractivity contribution in [2.45, 2.75) is 55.6 Å². The molecule has 310 valence electrons. The van der Waals surface area contributed by atoms with Gasteiger partial charge >= 0.3 is 0 Å². The second-order valence-electron chi connectivity index (χ2n) is 15.3. The van der Waals surface area contributed by atoms with Crippen LogP contribution >= 0.6 is 0 Å². The molecule has 1 fully saturated rings. The molecule has 8 aromatic rings. The number of hydrogen-bond acceptors (Lipinski definition) is 7. The van der Waals surface area contributed by atoms with Crippen molar-refractivity contribution in [1.82, 2.24) is 19.5 Å².